The average Bonchev–Trinajstić information content (AvgIpc) is 1.87. The van der Waals surface area contributed by atoms with Gasteiger partial charge in [0.15, 0.2) is 6.61 Å². The molecule has 0 saturated carbocycles. The highest BCUT2D eigenvalue weighted by molar-refractivity contribution is 5.70. The monoisotopic (exact) mass is 145 g/mol. The third-order valence-electron chi connectivity index (χ3n) is 1.36. The third kappa shape index (κ3) is 3.45. The van der Waals surface area contributed by atoms with Crippen molar-refractivity contribution in [3.8, 4) is 0 Å². The van der Waals surface area contributed by atoms with Gasteiger partial charge in [0.05, 0.1) is 0 Å². The fourth-order valence-electron chi connectivity index (χ4n) is 0.410. The van der Waals surface area contributed by atoms with E-state index >= 15 is 0 Å². The van der Waals surface area contributed by atoms with E-state index in [1.54, 1.807) is 13.8 Å². The summed E-state index contributed by atoms with van der Waals surface area (Å²) in [4.78, 5) is 10.5. The van der Waals surface area contributed by atoms with E-state index < -0.39 is 18.2 Å². The molecule has 3 nitrogen and oxygen atoms in total. The lowest BCUT2D eigenvalue weighted by Crippen LogP contribution is -2.28. The first kappa shape index (κ1) is 9.43. The molecule has 0 aromatic carbocycles. The number of esters is 1. The predicted molar refractivity (Wildman–Crippen MR) is 36.0 cm³/mol. The minimum atomic E-state index is -0.788. The third-order valence-corrected chi connectivity index (χ3v) is 1.36. The van der Waals surface area contributed by atoms with Crippen molar-refractivity contribution in [2.24, 2.45) is 0 Å². The van der Waals surface area contributed by atoms with E-state index in [9.17, 15) is 9.90 Å². The molecular weight excluding hydrogens is 132 g/mol. The van der Waals surface area contributed by atoms with Crippen molar-refractivity contribution in [1.29, 1.82) is 0 Å². The second-order valence-electron chi connectivity index (χ2n) is 2.73. The molecule has 0 atom stereocenters. The van der Waals surface area contributed by atoms with E-state index in [2.05, 4.69) is 0 Å². The van der Waals surface area contributed by atoms with E-state index in [1.165, 1.54) is 0 Å². The molecule has 1 radical (unpaired) electrons. The first-order valence-corrected chi connectivity index (χ1v) is 3.32. The second kappa shape index (κ2) is 3.56. The summed E-state index contributed by atoms with van der Waals surface area (Å²) in [5.74, 6) is -0.674. The van der Waals surface area contributed by atoms with Gasteiger partial charge < -0.3 is 4.74 Å². The van der Waals surface area contributed by atoms with Crippen LogP contribution in [0.1, 0.15) is 27.2 Å². The predicted octanol–water partition coefficient (Wildman–Crippen LogP) is 1.15. The maximum Gasteiger partial charge on any atom is 0.336 e. The number of carbonyl (C=O) groups excluding carboxylic acids is 1. The van der Waals surface area contributed by atoms with Crippen LogP contribution in [0.25, 0.3) is 0 Å². The molecule has 0 fully saturated rings. The van der Waals surface area contributed by atoms with Crippen LogP contribution in [-0.4, -0.2) is 18.2 Å². The fourth-order valence-corrected chi connectivity index (χ4v) is 0.410. The molecule has 0 heterocycles. The Morgan fingerprint density at radius 2 is 2.00 bits per heavy atom. The Morgan fingerprint density at radius 3 is 2.30 bits per heavy atom. The smallest absolute Gasteiger partial charge is 0.336 e. The van der Waals surface area contributed by atoms with Crippen molar-refractivity contribution in [2.75, 3.05) is 6.61 Å². The summed E-state index contributed by atoms with van der Waals surface area (Å²) >= 11 is 0. The van der Waals surface area contributed by atoms with E-state index in [0.717, 1.165) is 6.42 Å². The van der Waals surface area contributed by atoms with Crippen LogP contribution in [0.4, 0.5) is 0 Å². The molecule has 0 saturated heterocycles. The Labute approximate surface area is 61.0 Å². The van der Waals surface area contributed by atoms with Crippen molar-refractivity contribution < 1.29 is 14.6 Å². The molecule has 0 aromatic rings. The summed E-state index contributed by atoms with van der Waals surface area (Å²) in [6.45, 7) is 4.67. The van der Waals surface area contributed by atoms with Crippen LogP contribution in [0.2, 0.25) is 0 Å². The zero-order valence-corrected chi connectivity index (χ0v) is 6.64. The van der Waals surface area contributed by atoms with E-state index in [0.29, 0.717) is 0 Å². The quantitative estimate of drug-likeness (QED) is 0.559. The van der Waals surface area contributed by atoms with Crippen LogP contribution in [-0.2, 0) is 14.6 Å². The Kier molecular flexibility index (Phi) is 3.36. The Bertz CT molecular complexity index is 118. The van der Waals surface area contributed by atoms with Gasteiger partial charge in [-0.25, -0.2) is 9.90 Å². The Morgan fingerprint density at radius 1 is 1.50 bits per heavy atom. The lowest BCUT2D eigenvalue weighted by atomic mass is 10.1. The van der Waals surface area contributed by atoms with Crippen molar-refractivity contribution in [2.45, 2.75) is 32.8 Å². The number of hydrogen-bond acceptors (Lipinski definition) is 2. The van der Waals surface area contributed by atoms with Crippen molar-refractivity contribution in [3.63, 3.8) is 0 Å². The molecule has 0 rings (SSSR count). The van der Waals surface area contributed by atoms with Crippen molar-refractivity contribution >= 4 is 5.97 Å². The van der Waals surface area contributed by atoms with Gasteiger partial charge in [-0.3, -0.25) is 0 Å². The molecule has 0 spiro atoms. The molecule has 0 bridgehead atoms. The Hall–Kier alpha value is -0.570. The van der Waals surface area contributed by atoms with Crippen molar-refractivity contribution in [3.05, 3.63) is 0 Å². The lowest BCUT2D eigenvalue weighted by molar-refractivity contribution is -0.162. The van der Waals surface area contributed by atoms with Crippen molar-refractivity contribution in [1.82, 2.24) is 0 Å². The topological polar surface area (TPSA) is 46.2 Å². The van der Waals surface area contributed by atoms with Crippen LogP contribution < -0.4 is 0 Å². The summed E-state index contributed by atoms with van der Waals surface area (Å²) in [5, 5.41) is 9.95. The van der Waals surface area contributed by atoms with Gasteiger partial charge in [-0.2, -0.15) is 0 Å². The largest absolute Gasteiger partial charge is 0.458 e. The number of rotatable bonds is 3. The molecule has 0 N–H and O–H groups in total. The molecule has 0 aliphatic rings. The summed E-state index contributed by atoms with van der Waals surface area (Å²) < 4.78 is 4.78. The number of carbonyl (C=O) groups is 1. The molecule has 0 unspecified atom stereocenters. The first-order chi connectivity index (χ1) is 4.52. The summed E-state index contributed by atoms with van der Waals surface area (Å²) in [6, 6.07) is 0. The van der Waals surface area contributed by atoms with Gasteiger partial charge in [0.1, 0.15) is 5.60 Å². The van der Waals surface area contributed by atoms with E-state index in [-0.39, 0.29) is 0 Å². The normalized spacial score (nSPS) is 11.2. The second-order valence-corrected chi connectivity index (χ2v) is 2.73. The van der Waals surface area contributed by atoms with Crippen LogP contribution in [0.5, 0.6) is 0 Å². The fraction of sp³-hybridized carbons (Fsp3) is 0.857. The van der Waals surface area contributed by atoms with Crippen LogP contribution >= 0.6 is 0 Å². The highest BCUT2D eigenvalue weighted by atomic mass is 16.6. The molecule has 0 aromatic heterocycles. The SMILES string of the molecule is CCC(C)(C)OC(=O)C[O]. The van der Waals surface area contributed by atoms with Gasteiger partial charge in [0, 0.05) is 0 Å². The minimum absolute atomic E-state index is 0.485. The lowest BCUT2D eigenvalue weighted by Gasteiger charge is -2.22. The number of hydrogen-bond donors (Lipinski definition) is 0. The average molecular weight is 145 g/mol. The van der Waals surface area contributed by atoms with Gasteiger partial charge in [0.25, 0.3) is 0 Å². The van der Waals surface area contributed by atoms with Gasteiger partial charge in [-0.15, -0.1) is 0 Å². The molecule has 3 heteroatoms. The zero-order chi connectivity index (χ0) is 8.20. The van der Waals surface area contributed by atoms with E-state index in [1.807, 2.05) is 6.92 Å². The molecule has 0 aliphatic heterocycles. The molecule has 0 amide bonds. The number of ether oxygens (including phenoxy) is 1. The summed E-state index contributed by atoms with van der Waals surface area (Å²) in [5.41, 5.74) is -0.485. The zero-order valence-electron chi connectivity index (χ0n) is 6.64. The molecule has 10 heavy (non-hydrogen) atoms. The summed E-state index contributed by atoms with van der Waals surface area (Å²) in [7, 11) is 0. The summed E-state index contributed by atoms with van der Waals surface area (Å²) in [6.07, 6.45) is 0.721. The molecule has 59 valence electrons. The van der Waals surface area contributed by atoms with Gasteiger partial charge in [-0.05, 0) is 20.3 Å². The van der Waals surface area contributed by atoms with E-state index in [4.69, 9.17) is 4.74 Å². The maximum atomic E-state index is 10.5. The van der Waals surface area contributed by atoms with Gasteiger partial charge in [0.2, 0.25) is 0 Å². The van der Waals surface area contributed by atoms with Gasteiger partial charge in [-0.1, -0.05) is 6.92 Å². The Balaban J connectivity index is 3.76. The maximum absolute atomic E-state index is 10.5. The van der Waals surface area contributed by atoms with Crippen LogP contribution in [0.15, 0.2) is 0 Å². The standard InChI is InChI=1S/C7H13O3/c1-4-7(2,3)10-6(9)5-8/h4-5H2,1-3H3. The van der Waals surface area contributed by atoms with Gasteiger partial charge >= 0.3 is 5.97 Å². The highest BCUT2D eigenvalue weighted by Crippen LogP contribution is 2.12. The first-order valence-electron chi connectivity index (χ1n) is 3.32. The highest BCUT2D eigenvalue weighted by Gasteiger charge is 2.19. The molecule has 0 aliphatic carbocycles. The minimum Gasteiger partial charge on any atom is -0.458 e. The van der Waals surface area contributed by atoms with Crippen LogP contribution in [0, 0.1) is 0 Å². The van der Waals surface area contributed by atoms with Crippen LogP contribution in [0.3, 0.4) is 0 Å². The molecular formula is C7H13O3.